The van der Waals surface area contributed by atoms with Crippen molar-refractivity contribution < 1.29 is 22.9 Å². The number of alkyl halides is 3. The Morgan fingerprint density at radius 3 is 2.38 bits per heavy atom. The molecule has 0 bridgehead atoms. The largest absolute Gasteiger partial charge is 0.419 e. The molecule has 0 radical (unpaired) electrons. The molecule has 8 heteroatoms. The lowest BCUT2D eigenvalue weighted by atomic mass is 9.92. The van der Waals surface area contributed by atoms with Gasteiger partial charge in [-0.1, -0.05) is 30.9 Å². The highest BCUT2D eigenvalue weighted by atomic mass is 35.5. The summed E-state index contributed by atoms with van der Waals surface area (Å²) in [4.78, 5) is 17.0. The van der Waals surface area contributed by atoms with E-state index in [2.05, 4.69) is 10.3 Å². The van der Waals surface area contributed by atoms with Crippen molar-refractivity contribution in [2.45, 2.75) is 57.2 Å². The van der Waals surface area contributed by atoms with Crippen LogP contribution in [0.1, 0.15) is 50.5 Å². The van der Waals surface area contributed by atoms with E-state index in [1.54, 1.807) is 0 Å². The number of amides is 1. The highest BCUT2D eigenvalue weighted by molar-refractivity contribution is 6.32. The van der Waals surface area contributed by atoms with Crippen LogP contribution in [-0.2, 0) is 11.0 Å². The minimum atomic E-state index is -4.43. The van der Waals surface area contributed by atoms with E-state index in [0.717, 1.165) is 25.1 Å². The van der Waals surface area contributed by atoms with Gasteiger partial charge in [0.2, 0.25) is 5.91 Å². The first-order valence-corrected chi connectivity index (χ1v) is 9.56. The summed E-state index contributed by atoms with van der Waals surface area (Å²) in [5.74, 6) is 0.547. The summed E-state index contributed by atoms with van der Waals surface area (Å²) in [7, 11) is 0. The van der Waals surface area contributed by atoms with E-state index in [4.69, 9.17) is 11.6 Å². The van der Waals surface area contributed by atoms with E-state index in [0.29, 0.717) is 37.8 Å². The predicted octanol–water partition coefficient (Wildman–Crippen LogP) is 3.84. The molecule has 4 nitrogen and oxygen atoms in total. The van der Waals surface area contributed by atoms with E-state index in [1.807, 2.05) is 4.90 Å². The molecule has 2 N–H and O–H groups in total. The maximum Gasteiger partial charge on any atom is 0.419 e. The number of hydrogen-bond acceptors (Lipinski definition) is 2. The lowest BCUT2D eigenvalue weighted by Crippen LogP contribution is -2.45. The van der Waals surface area contributed by atoms with E-state index in [-0.39, 0.29) is 16.8 Å². The van der Waals surface area contributed by atoms with Crippen molar-refractivity contribution in [3.63, 3.8) is 0 Å². The third kappa shape index (κ3) is 4.61. The number of carbonyl (C=O) groups excluding carboxylic acids is 1. The maximum absolute atomic E-state index is 12.7. The van der Waals surface area contributed by atoms with Gasteiger partial charge < -0.3 is 5.32 Å². The molecular formula is C18H24ClF3N3O+. The second-order valence-electron chi connectivity index (χ2n) is 7.19. The van der Waals surface area contributed by atoms with Gasteiger partial charge in [-0.25, -0.2) is 4.98 Å². The Labute approximate surface area is 156 Å². The number of nitrogens with one attached hydrogen (secondary N) is 2. The summed E-state index contributed by atoms with van der Waals surface area (Å²) >= 11 is 6.04. The number of pyridine rings is 1. The van der Waals surface area contributed by atoms with Gasteiger partial charge in [0.05, 0.1) is 18.7 Å². The molecule has 1 saturated heterocycles. The number of piperidine rings is 1. The van der Waals surface area contributed by atoms with Crippen LogP contribution in [0.5, 0.6) is 0 Å². The van der Waals surface area contributed by atoms with Gasteiger partial charge in [0.25, 0.3) is 5.82 Å². The fraction of sp³-hybridized carbons (Fsp3) is 0.667. The minimum absolute atomic E-state index is 0.0404. The molecule has 2 heterocycles. The lowest BCUT2D eigenvalue weighted by Gasteiger charge is -2.30. The second kappa shape index (κ2) is 8.03. The van der Waals surface area contributed by atoms with Gasteiger partial charge in [-0.3, -0.25) is 9.69 Å². The fourth-order valence-electron chi connectivity index (χ4n) is 3.80. The Balaban J connectivity index is 1.55. The zero-order valence-electron chi connectivity index (χ0n) is 14.5. The van der Waals surface area contributed by atoms with Crippen molar-refractivity contribution in [3.8, 4) is 0 Å². The van der Waals surface area contributed by atoms with Gasteiger partial charge in [-0.15, -0.1) is 0 Å². The van der Waals surface area contributed by atoms with E-state index < -0.39 is 11.7 Å². The Morgan fingerprint density at radius 1 is 1.15 bits per heavy atom. The number of rotatable bonds is 3. The summed E-state index contributed by atoms with van der Waals surface area (Å²) in [6.07, 6.45) is 3.55. The number of carbonyl (C=O) groups is 1. The number of hydrogen-bond donors (Lipinski definition) is 1. The van der Waals surface area contributed by atoms with Gasteiger partial charge in [0, 0.05) is 12.0 Å². The van der Waals surface area contributed by atoms with E-state index in [9.17, 15) is 18.0 Å². The Bertz CT molecular complexity index is 639. The molecule has 1 saturated carbocycles. The normalized spacial score (nSPS) is 20.2. The number of aromatic amines is 1. The molecule has 1 aliphatic carbocycles. The minimum Gasteiger partial charge on any atom is -0.353 e. The van der Waals surface area contributed by atoms with Crippen LogP contribution < -0.4 is 15.2 Å². The number of nitrogens with zero attached hydrogens (tertiary/aromatic N) is 1. The number of H-pyrrole nitrogens is 1. The van der Waals surface area contributed by atoms with Crippen molar-refractivity contribution in [1.82, 2.24) is 5.32 Å². The van der Waals surface area contributed by atoms with Gasteiger partial charge >= 0.3 is 6.18 Å². The van der Waals surface area contributed by atoms with Crippen LogP contribution in [0.4, 0.5) is 19.0 Å². The van der Waals surface area contributed by atoms with Crippen LogP contribution in [0, 0.1) is 5.92 Å². The van der Waals surface area contributed by atoms with Crippen molar-refractivity contribution in [3.05, 3.63) is 22.8 Å². The first-order valence-electron chi connectivity index (χ1n) is 9.18. The molecule has 1 aromatic heterocycles. The number of halogens is 4. The van der Waals surface area contributed by atoms with Gasteiger partial charge in [-0.2, -0.15) is 13.2 Å². The van der Waals surface area contributed by atoms with Crippen molar-refractivity contribution in [2.75, 3.05) is 18.0 Å². The highest BCUT2D eigenvalue weighted by Crippen LogP contribution is 2.33. The van der Waals surface area contributed by atoms with Crippen LogP contribution in [0.15, 0.2) is 12.3 Å². The Hall–Kier alpha value is -1.50. The van der Waals surface area contributed by atoms with Crippen LogP contribution in [0.3, 0.4) is 0 Å². The summed E-state index contributed by atoms with van der Waals surface area (Å²) in [5.41, 5.74) is -0.798. The van der Waals surface area contributed by atoms with Crippen molar-refractivity contribution in [2.24, 2.45) is 5.92 Å². The summed E-state index contributed by atoms with van der Waals surface area (Å²) in [5, 5.41) is 3.21. The first-order chi connectivity index (χ1) is 12.3. The maximum atomic E-state index is 12.7. The zero-order valence-corrected chi connectivity index (χ0v) is 15.3. The molecule has 26 heavy (non-hydrogen) atoms. The molecule has 2 aliphatic rings. The molecule has 3 rings (SSSR count). The van der Waals surface area contributed by atoms with Crippen LogP contribution in [0.2, 0.25) is 5.02 Å². The molecular weight excluding hydrogens is 367 g/mol. The average Bonchev–Trinajstić information content (AvgIpc) is 2.62. The monoisotopic (exact) mass is 390 g/mol. The second-order valence-corrected chi connectivity index (χ2v) is 7.59. The van der Waals surface area contributed by atoms with Crippen LogP contribution in [-0.4, -0.2) is 25.0 Å². The lowest BCUT2D eigenvalue weighted by molar-refractivity contribution is -0.367. The molecule has 2 fully saturated rings. The third-order valence-electron chi connectivity index (χ3n) is 5.33. The third-order valence-corrected chi connectivity index (χ3v) is 5.62. The standard InChI is InChI=1S/C18H23ClF3N3O/c19-15-10-13(18(20,21)22)11-23-16(15)25-8-6-12(7-9-25)17(26)24-14-4-2-1-3-5-14/h10-12,14H,1-9H2,(H,24,26)/p+1. The average molecular weight is 391 g/mol. The topological polar surface area (TPSA) is 46.5 Å². The first kappa shape index (κ1) is 19.3. The summed E-state index contributed by atoms with van der Waals surface area (Å²) in [6, 6.07) is 1.24. The molecule has 0 aromatic carbocycles. The molecule has 1 amide bonds. The smallest absolute Gasteiger partial charge is 0.353 e. The van der Waals surface area contributed by atoms with E-state index in [1.165, 1.54) is 19.3 Å². The van der Waals surface area contributed by atoms with Gasteiger partial charge in [0.15, 0.2) is 0 Å². The van der Waals surface area contributed by atoms with Crippen LogP contribution in [0.25, 0.3) is 0 Å². The molecule has 144 valence electrons. The molecule has 1 aromatic rings. The van der Waals surface area contributed by atoms with Crippen molar-refractivity contribution in [1.29, 1.82) is 0 Å². The van der Waals surface area contributed by atoms with Gasteiger partial charge in [0.1, 0.15) is 11.2 Å². The summed E-state index contributed by atoms with van der Waals surface area (Å²) in [6.45, 7) is 1.18. The molecule has 0 spiro atoms. The quantitative estimate of drug-likeness (QED) is 0.852. The number of anilines is 1. The predicted molar refractivity (Wildman–Crippen MR) is 93.0 cm³/mol. The fourth-order valence-corrected chi connectivity index (χ4v) is 4.09. The SMILES string of the molecule is O=C(NC1CCCCC1)C1CCN(c2[nH+]cc(C(F)(F)F)cc2Cl)CC1. The zero-order chi connectivity index (χ0) is 18.7. The summed E-state index contributed by atoms with van der Waals surface area (Å²) < 4.78 is 38.2. The Kier molecular flexibility index (Phi) is 5.95. The number of aromatic nitrogens is 1. The van der Waals surface area contributed by atoms with Crippen molar-refractivity contribution >= 4 is 23.3 Å². The van der Waals surface area contributed by atoms with E-state index >= 15 is 0 Å². The van der Waals surface area contributed by atoms with Crippen LogP contribution >= 0.6 is 11.6 Å². The highest BCUT2D eigenvalue weighted by Gasteiger charge is 2.35. The Morgan fingerprint density at radius 2 is 1.81 bits per heavy atom. The molecule has 1 aliphatic heterocycles. The molecule has 0 atom stereocenters. The molecule has 0 unspecified atom stereocenters. The van der Waals surface area contributed by atoms with Gasteiger partial charge in [-0.05, 0) is 31.7 Å².